The highest BCUT2D eigenvalue weighted by atomic mass is 17.7. The van der Waals surface area contributed by atoms with Crippen LogP contribution >= 0.6 is 0 Å². The van der Waals surface area contributed by atoms with E-state index in [1.54, 1.807) is 0 Å². The Kier molecular flexibility index (Phi) is 9.48. The lowest BCUT2D eigenvalue weighted by molar-refractivity contribution is -0.601. The zero-order chi connectivity index (χ0) is 15.4. The smallest absolute Gasteiger partial charge is 0.448 e. The van der Waals surface area contributed by atoms with E-state index in [1.807, 2.05) is 13.8 Å². The molecule has 0 rings (SSSR count). The number of ether oxygens (including phenoxy) is 1. The fourth-order valence-electron chi connectivity index (χ4n) is 1.77. The van der Waals surface area contributed by atoms with Gasteiger partial charge in [-0.25, -0.2) is 19.4 Å². The summed E-state index contributed by atoms with van der Waals surface area (Å²) in [4.78, 5) is 28.9. The van der Waals surface area contributed by atoms with E-state index >= 15 is 0 Å². The molecule has 0 aliphatic rings. The molecule has 0 radical (unpaired) electrons. The molecule has 0 aromatic rings. The van der Waals surface area contributed by atoms with Crippen LogP contribution in [0.15, 0.2) is 0 Å². The van der Waals surface area contributed by atoms with E-state index in [9.17, 15) is 9.59 Å². The van der Waals surface area contributed by atoms with Crippen molar-refractivity contribution in [1.29, 1.82) is 0 Å². The molecule has 0 fully saturated rings. The number of carbonyl (C=O) groups excluding carboxylic acids is 1. The van der Waals surface area contributed by atoms with Crippen LogP contribution in [-0.4, -0.2) is 23.0 Å². The highest BCUT2D eigenvalue weighted by Gasteiger charge is 2.31. The summed E-state index contributed by atoms with van der Waals surface area (Å²) in [7, 11) is 0. The van der Waals surface area contributed by atoms with Crippen molar-refractivity contribution in [3.05, 3.63) is 0 Å². The summed E-state index contributed by atoms with van der Waals surface area (Å²) in [6.07, 6.45) is 2.19. The molecule has 0 unspecified atom stereocenters. The Morgan fingerprint density at radius 3 is 2.10 bits per heavy atom. The Hall–Kier alpha value is -1.54. The minimum atomic E-state index is -1.74. The average molecular weight is 294 g/mol. The van der Waals surface area contributed by atoms with Crippen molar-refractivity contribution >= 4 is 12.3 Å². The summed E-state index contributed by atoms with van der Waals surface area (Å²) >= 11 is 0. The zero-order valence-electron chi connectivity index (χ0n) is 12.0. The first kappa shape index (κ1) is 18.5. The quantitative estimate of drug-likeness (QED) is 0.281. The van der Waals surface area contributed by atoms with E-state index in [1.165, 1.54) is 0 Å². The normalized spacial score (nSPS) is 10.9. The number of hydrogen-bond acceptors (Lipinski definition) is 7. The van der Waals surface area contributed by atoms with Gasteiger partial charge in [-0.1, -0.05) is 33.6 Å². The van der Waals surface area contributed by atoms with Gasteiger partial charge in [0.25, 0.3) is 0 Å². The molecule has 0 aliphatic carbocycles. The Bertz CT molecular complexity index is 287. The van der Waals surface area contributed by atoms with Crippen molar-refractivity contribution in [2.24, 2.45) is 0 Å². The van der Waals surface area contributed by atoms with Gasteiger partial charge in [-0.3, -0.25) is 0 Å². The van der Waals surface area contributed by atoms with Gasteiger partial charge in [-0.05, 0) is 25.7 Å². The molecule has 0 heterocycles. The van der Waals surface area contributed by atoms with Crippen molar-refractivity contribution in [1.82, 2.24) is 0 Å². The first-order valence-corrected chi connectivity index (χ1v) is 6.63. The summed E-state index contributed by atoms with van der Waals surface area (Å²) in [5, 5.41) is 15.5. The van der Waals surface area contributed by atoms with Crippen molar-refractivity contribution < 1.29 is 39.3 Å². The maximum Gasteiger partial charge on any atom is 0.543 e. The van der Waals surface area contributed by atoms with Crippen LogP contribution in [0.5, 0.6) is 0 Å². The SMILES string of the molecule is CCCCCC(CC)(CC)OC(=O)OOOOC(=O)O. The summed E-state index contributed by atoms with van der Waals surface area (Å²) in [6, 6.07) is 0. The molecule has 0 aromatic heterocycles. The number of hydrogen-bond donors (Lipinski definition) is 1. The number of carbonyl (C=O) groups is 2. The Balaban J connectivity index is 4.15. The molecular formula is C12H22O8. The lowest BCUT2D eigenvalue weighted by Gasteiger charge is -2.30. The third-order valence-electron chi connectivity index (χ3n) is 3.06. The first-order valence-electron chi connectivity index (χ1n) is 6.63. The molecule has 0 saturated heterocycles. The Morgan fingerprint density at radius 1 is 1.00 bits per heavy atom. The number of unbranched alkanes of at least 4 members (excludes halogenated alkanes) is 2. The third-order valence-corrected chi connectivity index (χ3v) is 3.06. The molecule has 8 nitrogen and oxygen atoms in total. The maximum absolute atomic E-state index is 11.4. The van der Waals surface area contributed by atoms with Gasteiger partial charge in [-0.15, -0.1) is 0 Å². The van der Waals surface area contributed by atoms with E-state index in [2.05, 4.69) is 26.8 Å². The second kappa shape index (κ2) is 10.3. The highest BCUT2D eigenvalue weighted by molar-refractivity contribution is 5.59. The topological polar surface area (TPSA) is 101 Å². The summed E-state index contributed by atoms with van der Waals surface area (Å²) < 4.78 is 5.22. The van der Waals surface area contributed by atoms with Crippen molar-refractivity contribution in [3.63, 3.8) is 0 Å². The van der Waals surface area contributed by atoms with Gasteiger partial charge in [-0.2, -0.15) is 0 Å². The fraction of sp³-hybridized carbons (Fsp3) is 0.833. The van der Waals surface area contributed by atoms with Crippen molar-refractivity contribution in [2.45, 2.75) is 64.9 Å². The van der Waals surface area contributed by atoms with Crippen molar-refractivity contribution in [2.75, 3.05) is 0 Å². The second-order valence-electron chi connectivity index (χ2n) is 4.27. The van der Waals surface area contributed by atoms with E-state index < -0.39 is 17.9 Å². The zero-order valence-corrected chi connectivity index (χ0v) is 12.0. The molecule has 0 saturated carbocycles. The summed E-state index contributed by atoms with van der Waals surface area (Å²) in [5.41, 5.74) is -0.622. The Labute approximate surface area is 117 Å². The van der Waals surface area contributed by atoms with E-state index in [4.69, 9.17) is 9.84 Å². The van der Waals surface area contributed by atoms with Crippen LogP contribution in [-0.2, 0) is 24.6 Å². The molecule has 0 aliphatic heterocycles. The summed E-state index contributed by atoms with van der Waals surface area (Å²) in [6.45, 7) is 5.91. The van der Waals surface area contributed by atoms with E-state index in [-0.39, 0.29) is 0 Å². The van der Waals surface area contributed by atoms with Gasteiger partial charge >= 0.3 is 12.3 Å². The maximum atomic E-state index is 11.4. The van der Waals surface area contributed by atoms with E-state index in [0.29, 0.717) is 12.8 Å². The minimum absolute atomic E-state index is 0.622. The molecule has 8 heteroatoms. The van der Waals surface area contributed by atoms with Gasteiger partial charge in [0.05, 0.1) is 0 Å². The van der Waals surface area contributed by atoms with Gasteiger partial charge < -0.3 is 9.84 Å². The first-order chi connectivity index (χ1) is 9.49. The van der Waals surface area contributed by atoms with Gasteiger partial charge in [0.2, 0.25) is 0 Å². The second-order valence-corrected chi connectivity index (χ2v) is 4.27. The van der Waals surface area contributed by atoms with E-state index in [0.717, 1.165) is 25.7 Å². The molecule has 0 atom stereocenters. The van der Waals surface area contributed by atoms with Crippen LogP contribution in [0.25, 0.3) is 0 Å². The van der Waals surface area contributed by atoms with Crippen LogP contribution in [0.2, 0.25) is 0 Å². The van der Waals surface area contributed by atoms with Crippen molar-refractivity contribution in [3.8, 4) is 0 Å². The predicted molar refractivity (Wildman–Crippen MR) is 66.3 cm³/mol. The van der Waals surface area contributed by atoms with Gasteiger partial charge in [0.15, 0.2) is 0 Å². The van der Waals surface area contributed by atoms with Crippen LogP contribution < -0.4 is 0 Å². The molecule has 118 valence electrons. The molecule has 0 spiro atoms. The third kappa shape index (κ3) is 7.80. The van der Waals surface area contributed by atoms with Crippen LogP contribution in [0.4, 0.5) is 9.59 Å². The standard InChI is InChI=1S/C12H22O8/c1-4-7-8-9-12(5-2,6-3)16-11(15)18-20-19-17-10(13)14/h4-9H2,1-3H3,(H,13,14). The minimum Gasteiger partial charge on any atom is -0.448 e. The molecule has 0 amide bonds. The lowest BCUT2D eigenvalue weighted by atomic mass is 9.90. The van der Waals surface area contributed by atoms with Gasteiger partial charge in [0, 0.05) is 10.1 Å². The molecule has 0 aromatic carbocycles. The number of rotatable bonds is 10. The van der Waals surface area contributed by atoms with Crippen LogP contribution in [0, 0.1) is 0 Å². The predicted octanol–water partition coefficient (Wildman–Crippen LogP) is 3.75. The Morgan fingerprint density at radius 2 is 1.60 bits per heavy atom. The number of carboxylic acid groups (broad SMARTS) is 1. The fourth-order valence-corrected chi connectivity index (χ4v) is 1.77. The molecule has 0 bridgehead atoms. The van der Waals surface area contributed by atoms with Gasteiger partial charge in [0.1, 0.15) is 5.60 Å². The highest BCUT2D eigenvalue weighted by Crippen LogP contribution is 2.28. The van der Waals surface area contributed by atoms with Crippen LogP contribution in [0.1, 0.15) is 59.3 Å². The monoisotopic (exact) mass is 294 g/mol. The largest absolute Gasteiger partial charge is 0.543 e. The average Bonchev–Trinajstić information content (AvgIpc) is 2.42. The lowest BCUT2D eigenvalue weighted by Crippen LogP contribution is -2.34. The molecule has 1 N–H and O–H groups in total. The summed E-state index contributed by atoms with van der Waals surface area (Å²) in [5.74, 6) is 0. The van der Waals surface area contributed by atoms with Crippen LogP contribution in [0.3, 0.4) is 0 Å². The molecule has 20 heavy (non-hydrogen) atoms. The molecular weight excluding hydrogens is 272 g/mol.